The van der Waals surface area contributed by atoms with Crippen LogP contribution < -0.4 is 15.2 Å². The van der Waals surface area contributed by atoms with Gasteiger partial charge in [0, 0.05) is 30.9 Å². The number of amides is 1. The number of hydrogen-bond acceptors (Lipinski definition) is 7. The first kappa shape index (κ1) is 19.0. The molecule has 1 fully saturated rings. The summed E-state index contributed by atoms with van der Waals surface area (Å²) in [7, 11) is 0. The Morgan fingerprint density at radius 1 is 1.22 bits per heavy atom. The topological polar surface area (TPSA) is 103 Å². The molecule has 1 amide bonds. The van der Waals surface area contributed by atoms with Crippen molar-refractivity contribution in [2.75, 3.05) is 18.8 Å². The van der Waals surface area contributed by atoms with Crippen LogP contribution in [-0.2, 0) is 0 Å². The average molecular weight is 400 g/mol. The van der Waals surface area contributed by atoms with E-state index < -0.39 is 12.7 Å². The molecule has 0 bridgehead atoms. The highest BCUT2D eigenvalue weighted by atomic mass is 35.5. The predicted octanol–water partition coefficient (Wildman–Crippen LogP) is 3.36. The van der Waals surface area contributed by atoms with E-state index in [0.717, 1.165) is 19.3 Å². The van der Waals surface area contributed by atoms with Crippen molar-refractivity contribution in [2.24, 2.45) is 0 Å². The van der Waals surface area contributed by atoms with Crippen LogP contribution in [0.5, 0.6) is 11.6 Å². The van der Waals surface area contributed by atoms with Gasteiger partial charge in [0.05, 0.1) is 5.69 Å². The van der Waals surface area contributed by atoms with E-state index in [1.807, 2.05) is 0 Å². The number of anilines is 1. The molecule has 0 atom stereocenters. The van der Waals surface area contributed by atoms with Gasteiger partial charge in [-0.25, -0.2) is 14.8 Å². The van der Waals surface area contributed by atoms with E-state index in [9.17, 15) is 13.6 Å². The largest absolute Gasteiger partial charge is 0.431 e. The minimum absolute atomic E-state index is 0.0614. The lowest BCUT2D eigenvalue weighted by Gasteiger charge is -2.25. The first-order valence-corrected chi connectivity index (χ1v) is 8.52. The highest BCUT2D eigenvalue weighted by Gasteiger charge is 2.20. The van der Waals surface area contributed by atoms with Crippen LogP contribution in [0.25, 0.3) is 11.3 Å². The normalized spacial score (nSPS) is 14.3. The number of likely N-dealkylation sites (tertiary alicyclic amines) is 1. The van der Waals surface area contributed by atoms with E-state index in [1.165, 1.54) is 18.3 Å². The minimum Gasteiger partial charge on any atom is -0.431 e. The van der Waals surface area contributed by atoms with Crippen molar-refractivity contribution in [3.8, 4) is 22.9 Å². The van der Waals surface area contributed by atoms with Gasteiger partial charge in [-0.05, 0) is 36.9 Å². The second-order valence-corrected chi connectivity index (χ2v) is 6.10. The van der Waals surface area contributed by atoms with Crippen LogP contribution in [0.15, 0.2) is 18.3 Å². The number of nitrogen functional groups attached to an aromatic ring is 1. The molecule has 8 nitrogen and oxygen atoms in total. The summed E-state index contributed by atoms with van der Waals surface area (Å²) in [4.78, 5) is 25.5. The summed E-state index contributed by atoms with van der Waals surface area (Å²) in [6.07, 6.45) is 3.67. The number of alkyl halides is 2. The number of piperidine rings is 1. The van der Waals surface area contributed by atoms with E-state index in [1.54, 1.807) is 4.90 Å². The maximum Gasteiger partial charge on any atom is 0.416 e. The van der Waals surface area contributed by atoms with Gasteiger partial charge in [0.25, 0.3) is 0 Å². The Balaban J connectivity index is 1.83. The third kappa shape index (κ3) is 4.91. The number of nitrogens with two attached hydrogens (primary N) is 1. The van der Waals surface area contributed by atoms with Gasteiger partial charge in [-0.3, -0.25) is 0 Å². The SMILES string of the molecule is Nc1ncc(-c2cc(OC(=O)N3CCCCC3)nc(Cl)n2)cc1OC(F)F. The number of carbonyl (C=O) groups is 1. The van der Waals surface area contributed by atoms with Crippen LogP contribution in [0, 0.1) is 0 Å². The lowest BCUT2D eigenvalue weighted by atomic mass is 10.1. The van der Waals surface area contributed by atoms with Crippen LogP contribution in [0.2, 0.25) is 5.28 Å². The molecule has 0 spiro atoms. The number of hydrogen-bond donors (Lipinski definition) is 1. The Morgan fingerprint density at radius 2 is 1.96 bits per heavy atom. The van der Waals surface area contributed by atoms with Crippen molar-refractivity contribution >= 4 is 23.5 Å². The van der Waals surface area contributed by atoms with Crippen molar-refractivity contribution < 1.29 is 23.0 Å². The molecule has 2 N–H and O–H groups in total. The maximum atomic E-state index is 12.5. The summed E-state index contributed by atoms with van der Waals surface area (Å²) in [6.45, 7) is -1.83. The molecule has 1 aliphatic heterocycles. The molecular formula is C16H16ClF2N5O3. The van der Waals surface area contributed by atoms with E-state index >= 15 is 0 Å². The monoisotopic (exact) mass is 399 g/mol. The number of aromatic nitrogens is 3. The molecule has 0 unspecified atom stereocenters. The number of rotatable bonds is 4. The molecule has 0 aromatic carbocycles. The van der Waals surface area contributed by atoms with Gasteiger partial charge in [-0.15, -0.1) is 0 Å². The fraction of sp³-hybridized carbons (Fsp3) is 0.375. The summed E-state index contributed by atoms with van der Waals surface area (Å²) in [5.74, 6) is -0.561. The Bertz CT molecular complexity index is 834. The van der Waals surface area contributed by atoms with Gasteiger partial charge in [0.1, 0.15) is 0 Å². The van der Waals surface area contributed by atoms with Crippen LogP contribution in [0.3, 0.4) is 0 Å². The quantitative estimate of drug-likeness (QED) is 0.786. The Labute approximate surface area is 158 Å². The number of nitrogens with zero attached hydrogens (tertiary/aromatic N) is 4. The molecule has 0 aliphatic carbocycles. The maximum absolute atomic E-state index is 12.5. The van der Waals surface area contributed by atoms with Gasteiger partial charge in [0.2, 0.25) is 11.2 Å². The standard InChI is InChI=1S/C16H16ClF2N5O3/c17-14-22-10(9-6-11(26-15(18)19)13(20)21-8-9)7-12(23-14)27-16(25)24-4-2-1-3-5-24/h6-8,15H,1-5H2,(H2,20,21). The molecule has 11 heteroatoms. The molecule has 0 saturated carbocycles. The number of pyridine rings is 1. The highest BCUT2D eigenvalue weighted by molar-refractivity contribution is 6.28. The molecule has 1 saturated heterocycles. The van der Waals surface area contributed by atoms with Gasteiger partial charge >= 0.3 is 12.7 Å². The van der Waals surface area contributed by atoms with E-state index in [0.29, 0.717) is 18.7 Å². The smallest absolute Gasteiger partial charge is 0.416 e. The lowest BCUT2D eigenvalue weighted by Crippen LogP contribution is -2.37. The molecule has 3 heterocycles. The first-order chi connectivity index (χ1) is 12.9. The average Bonchev–Trinajstić information content (AvgIpc) is 2.63. The summed E-state index contributed by atoms with van der Waals surface area (Å²) in [5, 5.41) is -0.179. The van der Waals surface area contributed by atoms with Crippen molar-refractivity contribution in [1.29, 1.82) is 0 Å². The molecule has 0 radical (unpaired) electrons. The van der Waals surface area contributed by atoms with Crippen molar-refractivity contribution in [1.82, 2.24) is 19.9 Å². The van der Waals surface area contributed by atoms with Gasteiger partial charge in [-0.1, -0.05) is 0 Å². The lowest BCUT2D eigenvalue weighted by molar-refractivity contribution is -0.0494. The van der Waals surface area contributed by atoms with Crippen LogP contribution in [-0.4, -0.2) is 45.6 Å². The fourth-order valence-corrected chi connectivity index (χ4v) is 2.79. The van der Waals surface area contributed by atoms with Gasteiger partial charge < -0.3 is 20.1 Å². The number of ether oxygens (including phenoxy) is 2. The first-order valence-electron chi connectivity index (χ1n) is 8.14. The number of halogens is 3. The zero-order valence-electron chi connectivity index (χ0n) is 14.1. The van der Waals surface area contributed by atoms with E-state index in [-0.39, 0.29) is 28.4 Å². The fourth-order valence-electron chi connectivity index (χ4n) is 2.61. The van der Waals surface area contributed by atoms with Crippen LogP contribution >= 0.6 is 11.6 Å². The molecule has 3 rings (SSSR count). The Hall–Kier alpha value is -2.75. The summed E-state index contributed by atoms with van der Waals surface area (Å²) >= 11 is 5.90. The molecule has 27 heavy (non-hydrogen) atoms. The summed E-state index contributed by atoms with van der Waals surface area (Å²) < 4.78 is 34.5. The van der Waals surface area contributed by atoms with E-state index in [4.69, 9.17) is 22.1 Å². The summed E-state index contributed by atoms with van der Waals surface area (Å²) in [5.41, 5.74) is 6.02. The highest BCUT2D eigenvalue weighted by Crippen LogP contribution is 2.29. The second kappa shape index (κ2) is 8.30. The molecule has 2 aromatic heterocycles. The van der Waals surface area contributed by atoms with Gasteiger partial charge in [0.15, 0.2) is 11.6 Å². The molecule has 1 aliphatic rings. The van der Waals surface area contributed by atoms with Gasteiger partial charge in [-0.2, -0.15) is 13.8 Å². The zero-order valence-corrected chi connectivity index (χ0v) is 14.8. The molecule has 144 valence electrons. The van der Waals surface area contributed by atoms with Crippen molar-refractivity contribution in [3.05, 3.63) is 23.6 Å². The Kier molecular flexibility index (Phi) is 5.84. The third-order valence-corrected chi connectivity index (χ3v) is 4.04. The number of carbonyl (C=O) groups excluding carboxylic acids is 1. The summed E-state index contributed by atoms with van der Waals surface area (Å²) in [6, 6.07) is 2.59. The van der Waals surface area contributed by atoms with Crippen LogP contribution in [0.4, 0.5) is 19.4 Å². The Morgan fingerprint density at radius 3 is 2.67 bits per heavy atom. The predicted molar refractivity (Wildman–Crippen MR) is 92.8 cm³/mol. The second-order valence-electron chi connectivity index (χ2n) is 5.76. The van der Waals surface area contributed by atoms with E-state index in [2.05, 4.69) is 19.7 Å². The van der Waals surface area contributed by atoms with Crippen LogP contribution in [0.1, 0.15) is 19.3 Å². The minimum atomic E-state index is -3.06. The van der Waals surface area contributed by atoms with Crippen molar-refractivity contribution in [2.45, 2.75) is 25.9 Å². The molecular weight excluding hydrogens is 384 g/mol. The molecule has 2 aromatic rings. The van der Waals surface area contributed by atoms with Crippen molar-refractivity contribution in [3.63, 3.8) is 0 Å². The third-order valence-electron chi connectivity index (χ3n) is 3.88. The zero-order chi connectivity index (χ0) is 19.4.